The Morgan fingerprint density at radius 3 is 1.68 bits per heavy atom. The Kier molecular flexibility index (Phi) is 5.57. The SMILES string of the molecule is [2H]c1c([2H])c([2H])c(-c2c([2H])c([2H])c([2H])c(-c3ccc4c(c3)oc3cc(-c5nc(-c6ccccc6)nc(-c6ccc(-c7cccc8c7oc7ccccc78)cc6)n5)ccc34)c2[2H])c([2H])c1[2H]. The summed E-state index contributed by atoms with van der Waals surface area (Å²) in [7, 11) is 0. The van der Waals surface area contributed by atoms with Crippen molar-refractivity contribution in [2.24, 2.45) is 0 Å². The largest absolute Gasteiger partial charge is 0.456 e. The summed E-state index contributed by atoms with van der Waals surface area (Å²) < 4.78 is 89.5. The molecule has 8 aromatic carbocycles. The van der Waals surface area contributed by atoms with Gasteiger partial charge in [-0.25, -0.2) is 15.0 Å². The minimum absolute atomic E-state index is 0.0402. The first-order valence-electron chi connectivity index (χ1n) is 22.4. The Bertz CT molecular complexity index is 3750. The molecule has 0 aliphatic rings. The lowest BCUT2D eigenvalue weighted by Gasteiger charge is -2.09. The highest BCUT2D eigenvalue weighted by molar-refractivity contribution is 6.10. The minimum atomic E-state index is -0.626. The molecule has 5 heteroatoms. The van der Waals surface area contributed by atoms with Crippen LogP contribution in [0.15, 0.2) is 197 Å². The number of furan rings is 2. The molecule has 0 aliphatic carbocycles. The molecule has 0 spiro atoms. The molecule has 0 amide bonds. The van der Waals surface area contributed by atoms with E-state index in [-0.39, 0.29) is 16.7 Å². The Morgan fingerprint density at radius 2 is 0.911 bits per heavy atom. The third-order valence-electron chi connectivity index (χ3n) is 9.92. The summed E-state index contributed by atoms with van der Waals surface area (Å²) in [5.41, 5.74) is 6.40. The fourth-order valence-electron chi connectivity index (χ4n) is 7.18. The Balaban J connectivity index is 0.995. The maximum atomic E-state index is 9.17. The van der Waals surface area contributed by atoms with E-state index in [1.54, 1.807) is 18.2 Å². The molecule has 0 bridgehead atoms. The van der Waals surface area contributed by atoms with Gasteiger partial charge < -0.3 is 8.83 Å². The average molecular weight is 727 g/mol. The van der Waals surface area contributed by atoms with Gasteiger partial charge in [0.1, 0.15) is 22.3 Å². The molecule has 0 N–H and O–H groups in total. The summed E-state index contributed by atoms with van der Waals surface area (Å²) in [5, 5.41) is 3.63. The van der Waals surface area contributed by atoms with Gasteiger partial charge in [0.05, 0.1) is 12.3 Å². The van der Waals surface area contributed by atoms with Crippen molar-refractivity contribution in [3.05, 3.63) is 188 Å². The van der Waals surface area contributed by atoms with Gasteiger partial charge in [0, 0.05) is 43.8 Å². The van der Waals surface area contributed by atoms with Crippen LogP contribution >= 0.6 is 0 Å². The van der Waals surface area contributed by atoms with Crippen LogP contribution in [0.4, 0.5) is 0 Å². The number of para-hydroxylation sites is 2. The van der Waals surface area contributed by atoms with E-state index < -0.39 is 54.4 Å². The van der Waals surface area contributed by atoms with Crippen molar-refractivity contribution in [2.75, 3.05) is 0 Å². The summed E-state index contributed by atoms with van der Waals surface area (Å²) in [6, 6.07) is 37.6. The van der Waals surface area contributed by atoms with Crippen molar-refractivity contribution in [3.63, 3.8) is 0 Å². The van der Waals surface area contributed by atoms with Crippen LogP contribution in [0.25, 0.3) is 111 Å². The van der Waals surface area contributed by atoms with Crippen molar-refractivity contribution in [1.29, 1.82) is 0 Å². The molecule has 11 aromatic rings. The monoisotopic (exact) mass is 726 g/mol. The normalized spacial score (nSPS) is 13.8. The highest BCUT2D eigenvalue weighted by Crippen LogP contribution is 2.38. The molecule has 262 valence electrons. The standard InChI is InChI=1S/C51H31N3O2/c1-3-11-32(12-4-1)36-15-9-16-37(29-36)38-25-27-42-43-28-26-39(31-47(43)55-46(42)30-38)51-53-49(34-13-5-2-6-14-34)52-50(54-51)35-23-21-33(22-24-35)40-18-10-19-44-41-17-7-8-20-45(41)56-48(40)44/h1-31H/i1D,3D,4D,9D,11D,12D,15D,16D,29D. The molecule has 0 aliphatic heterocycles. The van der Waals surface area contributed by atoms with Gasteiger partial charge in [0.2, 0.25) is 0 Å². The fraction of sp³-hybridized carbons (Fsp3) is 0. The molecule has 0 saturated carbocycles. The topological polar surface area (TPSA) is 65.0 Å². The number of hydrogen-bond acceptors (Lipinski definition) is 5. The Hall–Kier alpha value is -7.63. The zero-order valence-corrected chi connectivity index (χ0v) is 29.4. The first kappa shape index (κ1) is 23.9. The Morgan fingerprint density at radius 1 is 0.357 bits per heavy atom. The molecule has 0 atom stereocenters. The van der Waals surface area contributed by atoms with Gasteiger partial charge in [-0.15, -0.1) is 0 Å². The summed E-state index contributed by atoms with van der Waals surface area (Å²) in [6.07, 6.45) is 0. The predicted octanol–water partition coefficient (Wildman–Crippen LogP) is 13.7. The molecule has 0 saturated heterocycles. The lowest BCUT2D eigenvalue weighted by Crippen LogP contribution is -2.00. The van der Waals surface area contributed by atoms with Crippen LogP contribution in [0.2, 0.25) is 0 Å². The van der Waals surface area contributed by atoms with Gasteiger partial charge in [0.15, 0.2) is 17.5 Å². The van der Waals surface area contributed by atoms with Gasteiger partial charge in [-0.1, -0.05) is 151 Å². The molecular weight excluding hydrogens is 687 g/mol. The van der Waals surface area contributed by atoms with Crippen molar-refractivity contribution in [3.8, 4) is 67.5 Å². The van der Waals surface area contributed by atoms with Crippen molar-refractivity contribution in [2.45, 2.75) is 0 Å². The summed E-state index contributed by atoms with van der Waals surface area (Å²) in [5.74, 6) is 1.39. The van der Waals surface area contributed by atoms with Crippen LogP contribution in [-0.4, -0.2) is 15.0 Å². The van der Waals surface area contributed by atoms with Gasteiger partial charge in [0.25, 0.3) is 0 Å². The van der Waals surface area contributed by atoms with Crippen LogP contribution in [0.1, 0.15) is 12.3 Å². The summed E-state index contributed by atoms with van der Waals surface area (Å²) in [6.45, 7) is 0. The molecule has 0 unspecified atom stereocenters. The molecule has 5 nitrogen and oxygen atoms in total. The second kappa shape index (κ2) is 13.0. The number of aromatic nitrogens is 3. The number of hydrogen-bond donors (Lipinski definition) is 0. The number of nitrogens with zero attached hydrogens (tertiary/aromatic N) is 3. The third kappa shape index (κ3) is 5.53. The molecule has 56 heavy (non-hydrogen) atoms. The van der Waals surface area contributed by atoms with Crippen molar-refractivity contribution >= 4 is 43.9 Å². The maximum absolute atomic E-state index is 9.17. The van der Waals surface area contributed by atoms with E-state index >= 15 is 0 Å². The number of benzene rings is 8. The van der Waals surface area contributed by atoms with Crippen LogP contribution in [0.3, 0.4) is 0 Å². The zero-order valence-electron chi connectivity index (χ0n) is 38.4. The quantitative estimate of drug-likeness (QED) is 0.171. The van der Waals surface area contributed by atoms with Gasteiger partial charge in [-0.3, -0.25) is 0 Å². The summed E-state index contributed by atoms with van der Waals surface area (Å²) >= 11 is 0. The van der Waals surface area contributed by atoms with E-state index in [1.165, 1.54) is 0 Å². The van der Waals surface area contributed by atoms with Crippen LogP contribution < -0.4 is 0 Å². The molecular formula is C51H31N3O2. The smallest absolute Gasteiger partial charge is 0.164 e. The third-order valence-corrected chi connectivity index (χ3v) is 9.92. The second-order valence-electron chi connectivity index (χ2n) is 13.3. The van der Waals surface area contributed by atoms with Gasteiger partial charge in [-0.05, 0) is 64.2 Å². The van der Waals surface area contributed by atoms with E-state index in [9.17, 15) is 1.37 Å². The van der Waals surface area contributed by atoms with E-state index in [0.29, 0.717) is 39.8 Å². The lowest BCUT2D eigenvalue weighted by molar-refractivity contribution is 0.669. The van der Waals surface area contributed by atoms with Crippen LogP contribution in [0, 0.1) is 0 Å². The Labute approximate surface area is 334 Å². The van der Waals surface area contributed by atoms with E-state index in [2.05, 4.69) is 18.2 Å². The van der Waals surface area contributed by atoms with Crippen LogP contribution in [0.5, 0.6) is 0 Å². The maximum Gasteiger partial charge on any atom is 0.164 e. The number of rotatable bonds is 6. The average Bonchev–Trinajstić information content (AvgIpc) is 3.91. The highest BCUT2D eigenvalue weighted by Gasteiger charge is 2.17. The molecule has 11 rings (SSSR count). The molecule has 0 fully saturated rings. The lowest BCUT2D eigenvalue weighted by atomic mass is 9.98. The minimum Gasteiger partial charge on any atom is -0.456 e. The molecule has 3 heterocycles. The predicted molar refractivity (Wildman–Crippen MR) is 227 cm³/mol. The number of fused-ring (bicyclic) bond motifs is 6. The van der Waals surface area contributed by atoms with E-state index in [0.717, 1.165) is 55.0 Å². The van der Waals surface area contributed by atoms with Crippen molar-refractivity contribution < 1.29 is 21.2 Å². The van der Waals surface area contributed by atoms with E-state index in [4.69, 9.17) is 34.8 Å². The first-order chi connectivity index (χ1) is 31.5. The second-order valence-corrected chi connectivity index (χ2v) is 13.3. The van der Waals surface area contributed by atoms with Crippen molar-refractivity contribution in [1.82, 2.24) is 15.0 Å². The first-order valence-corrected chi connectivity index (χ1v) is 17.9. The molecule has 0 radical (unpaired) electrons. The highest BCUT2D eigenvalue weighted by atomic mass is 16.3. The van der Waals surface area contributed by atoms with Gasteiger partial charge >= 0.3 is 0 Å². The van der Waals surface area contributed by atoms with Gasteiger partial charge in [-0.2, -0.15) is 0 Å². The zero-order chi connectivity index (χ0) is 44.8. The van der Waals surface area contributed by atoms with Crippen LogP contribution in [-0.2, 0) is 0 Å². The molecule has 3 aromatic heterocycles. The van der Waals surface area contributed by atoms with E-state index in [1.807, 2.05) is 97.1 Å². The fourth-order valence-corrected chi connectivity index (χ4v) is 7.18. The summed E-state index contributed by atoms with van der Waals surface area (Å²) in [4.78, 5) is 14.8.